The first-order valence-corrected chi connectivity index (χ1v) is 10.6. The van der Waals surface area contributed by atoms with Crippen molar-refractivity contribution in [2.24, 2.45) is 5.10 Å². The summed E-state index contributed by atoms with van der Waals surface area (Å²) < 4.78 is 8.66. The monoisotopic (exact) mass is 463 g/mol. The highest BCUT2D eigenvalue weighted by Crippen LogP contribution is 2.29. The molecule has 0 spiro atoms. The number of aryl methyl sites for hydroxylation is 2. The summed E-state index contributed by atoms with van der Waals surface area (Å²) >= 11 is 3.44. The Morgan fingerprint density at radius 1 is 1.10 bits per heavy atom. The summed E-state index contributed by atoms with van der Waals surface area (Å²) in [5.41, 5.74) is 6.96. The van der Waals surface area contributed by atoms with Gasteiger partial charge in [0.25, 0.3) is 5.91 Å². The quantitative estimate of drug-likeness (QED) is 0.306. The molecule has 0 atom stereocenters. The number of hydrogen-bond acceptors (Lipinski definition) is 3. The predicted octanol–water partition coefficient (Wildman–Crippen LogP) is 5.41. The minimum Gasteiger partial charge on any atom is -0.483 e. The van der Waals surface area contributed by atoms with E-state index in [1.165, 1.54) is 21.8 Å². The zero-order valence-corrected chi connectivity index (χ0v) is 18.4. The molecule has 152 valence electrons. The van der Waals surface area contributed by atoms with Gasteiger partial charge in [0, 0.05) is 28.4 Å². The lowest BCUT2D eigenvalue weighted by molar-refractivity contribution is -0.123. The fourth-order valence-corrected chi connectivity index (χ4v) is 4.18. The largest absolute Gasteiger partial charge is 0.483 e. The van der Waals surface area contributed by atoms with Crippen molar-refractivity contribution in [1.82, 2.24) is 9.99 Å². The third-order valence-corrected chi connectivity index (χ3v) is 5.58. The van der Waals surface area contributed by atoms with E-state index in [4.69, 9.17) is 4.74 Å². The first-order chi connectivity index (χ1) is 14.6. The third kappa shape index (κ3) is 4.09. The number of nitrogens with one attached hydrogen (secondary N) is 1. The summed E-state index contributed by atoms with van der Waals surface area (Å²) in [6, 6.07) is 20.3. The number of aromatic nitrogens is 1. The van der Waals surface area contributed by atoms with E-state index in [1.807, 2.05) is 31.2 Å². The number of carbonyl (C=O) groups excluding carboxylic acids is 1. The maximum atomic E-state index is 12.0. The topological polar surface area (TPSA) is 55.6 Å². The molecule has 3 aromatic carbocycles. The average Bonchev–Trinajstić information content (AvgIpc) is 3.06. The summed E-state index contributed by atoms with van der Waals surface area (Å²) in [6.45, 7) is 4.94. The van der Waals surface area contributed by atoms with E-state index in [0.717, 1.165) is 22.1 Å². The molecule has 5 nitrogen and oxygen atoms in total. The first-order valence-electron chi connectivity index (χ1n) is 9.78. The number of hydrazone groups is 1. The molecule has 4 rings (SSSR count). The number of benzene rings is 3. The number of fused-ring (bicyclic) bond motifs is 3. The Hall–Kier alpha value is -3.12. The SMILES string of the molecule is CCn1c2ccccc2c2cc(C=NNC(=O)COc3ccc(C)cc3Br)ccc21. The molecule has 0 saturated heterocycles. The van der Waals surface area contributed by atoms with Gasteiger partial charge in [-0.2, -0.15) is 5.10 Å². The van der Waals surface area contributed by atoms with E-state index >= 15 is 0 Å². The van der Waals surface area contributed by atoms with E-state index in [2.05, 4.69) is 74.3 Å². The number of ether oxygens (including phenoxy) is 1. The van der Waals surface area contributed by atoms with Gasteiger partial charge in [-0.05, 0) is 71.2 Å². The van der Waals surface area contributed by atoms with Crippen LogP contribution in [0.5, 0.6) is 5.75 Å². The van der Waals surface area contributed by atoms with Crippen molar-refractivity contribution in [3.8, 4) is 5.75 Å². The molecular formula is C24H22BrN3O2. The molecule has 1 amide bonds. The van der Waals surface area contributed by atoms with Crippen molar-refractivity contribution in [2.45, 2.75) is 20.4 Å². The van der Waals surface area contributed by atoms with Crippen molar-refractivity contribution in [2.75, 3.05) is 6.61 Å². The highest BCUT2D eigenvalue weighted by Gasteiger charge is 2.09. The predicted molar refractivity (Wildman–Crippen MR) is 125 cm³/mol. The van der Waals surface area contributed by atoms with E-state index in [9.17, 15) is 4.79 Å². The van der Waals surface area contributed by atoms with Crippen LogP contribution in [0.2, 0.25) is 0 Å². The van der Waals surface area contributed by atoms with E-state index in [0.29, 0.717) is 5.75 Å². The molecule has 0 bridgehead atoms. The van der Waals surface area contributed by atoms with Crippen LogP contribution in [0.25, 0.3) is 21.8 Å². The highest BCUT2D eigenvalue weighted by atomic mass is 79.9. The molecule has 6 heteroatoms. The number of rotatable bonds is 6. The Labute approximate surface area is 183 Å². The lowest BCUT2D eigenvalue weighted by Crippen LogP contribution is -2.24. The van der Waals surface area contributed by atoms with Crippen LogP contribution in [0.4, 0.5) is 0 Å². The number of para-hydroxylation sites is 1. The van der Waals surface area contributed by atoms with Gasteiger partial charge in [-0.1, -0.05) is 30.3 Å². The molecule has 1 N–H and O–H groups in total. The number of halogens is 1. The fourth-order valence-electron chi connectivity index (χ4n) is 3.57. The molecule has 0 unspecified atom stereocenters. The normalized spacial score (nSPS) is 11.4. The molecule has 4 aromatic rings. The lowest BCUT2D eigenvalue weighted by Gasteiger charge is -2.07. The number of nitrogens with zero attached hydrogens (tertiary/aromatic N) is 2. The molecule has 0 aliphatic rings. The summed E-state index contributed by atoms with van der Waals surface area (Å²) in [7, 11) is 0. The van der Waals surface area contributed by atoms with Crippen LogP contribution in [0.1, 0.15) is 18.1 Å². The maximum absolute atomic E-state index is 12.0. The van der Waals surface area contributed by atoms with Crippen LogP contribution in [-0.2, 0) is 11.3 Å². The minimum absolute atomic E-state index is 0.109. The molecule has 0 aliphatic heterocycles. The Morgan fingerprint density at radius 3 is 2.70 bits per heavy atom. The van der Waals surface area contributed by atoms with Gasteiger partial charge >= 0.3 is 0 Å². The Morgan fingerprint density at radius 2 is 1.90 bits per heavy atom. The van der Waals surface area contributed by atoms with Gasteiger partial charge in [0.2, 0.25) is 0 Å². The molecule has 1 heterocycles. The average molecular weight is 464 g/mol. The van der Waals surface area contributed by atoms with Crippen LogP contribution >= 0.6 is 15.9 Å². The van der Waals surface area contributed by atoms with Crippen LogP contribution < -0.4 is 10.2 Å². The zero-order chi connectivity index (χ0) is 21.1. The van der Waals surface area contributed by atoms with Crippen molar-refractivity contribution < 1.29 is 9.53 Å². The van der Waals surface area contributed by atoms with Gasteiger partial charge in [-0.3, -0.25) is 4.79 Å². The van der Waals surface area contributed by atoms with E-state index < -0.39 is 0 Å². The molecule has 0 saturated carbocycles. The first kappa shape index (κ1) is 20.2. The Kier molecular flexibility index (Phi) is 5.86. The molecule has 30 heavy (non-hydrogen) atoms. The van der Waals surface area contributed by atoms with Gasteiger partial charge < -0.3 is 9.30 Å². The summed E-state index contributed by atoms with van der Waals surface area (Å²) in [6.07, 6.45) is 1.65. The summed E-state index contributed by atoms with van der Waals surface area (Å²) in [5.74, 6) is 0.305. The molecular weight excluding hydrogens is 442 g/mol. The van der Waals surface area contributed by atoms with Crippen molar-refractivity contribution >= 4 is 49.9 Å². The van der Waals surface area contributed by atoms with Crippen molar-refractivity contribution in [3.05, 3.63) is 76.3 Å². The summed E-state index contributed by atoms with van der Waals surface area (Å²) in [5, 5.41) is 6.47. The highest BCUT2D eigenvalue weighted by molar-refractivity contribution is 9.10. The second-order valence-electron chi connectivity index (χ2n) is 7.05. The van der Waals surface area contributed by atoms with Crippen LogP contribution in [0, 0.1) is 6.92 Å². The van der Waals surface area contributed by atoms with Crippen LogP contribution in [0.15, 0.2) is 70.2 Å². The Balaban J connectivity index is 1.45. The van der Waals surface area contributed by atoms with Crippen molar-refractivity contribution in [3.63, 3.8) is 0 Å². The molecule has 0 fully saturated rings. The summed E-state index contributed by atoms with van der Waals surface area (Å²) in [4.78, 5) is 12.0. The molecule has 0 radical (unpaired) electrons. The third-order valence-electron chi connectivity index (χ3n) is 4.96. The van der Waals surface area contributed by atoms with Gasteiger partial charge in [0.05, 0.1) is 10.7 Å². The standard InChI is InChI=1S/C24H22BrN3O2/c1-3-28-21-7-5-4-6-18(21)19-13-17(9-10-22(19)28)14-26-27-24(29)15-30-23-11-8-16(2)12-20(23)25/h4-14H,3,15H2,1-2H3,(H,27,29). The van der Waals surface area contributed by atoms with Crippen LogP contribution in [-0.4, -0.2) is 23.3 Å². The van der Waals surface area contributed by atoms with Crippen LogP contribution in [0.3, 0.4) is 0 Å². The second-order valence-corrected chi connectivity index (χ2v) is 7.91. The van der Waals surface area contributed by atoms with Crippen molar-refractivity contribution in [1.29, 1.82) is 0 Å². The number of carbonyl (C=O) groups is 1. The van der Waals surface area contributed by atoms with E-state index in [-0.39, 0.29) is 12.5 Å². The number of amides is 1. The van der Waals surface area contributed by atoms with Gasteiger partial charge in [-0.15, -0.1) is 0 Å². The zero-order valence-electron chi connectivity index (χ0n) is 16.9. The van der Waals surface area contributed by atoms with Gasteiger partial charge in [-0.25, -0.2) is 5.43 Å². The smallest absolute Gasteiger partial charge is 0.277 e. The lowest BCUT2D eigenvalue weighted by atomic mass is 10.1. The minimum atomic E-state index is -0.317. The molecule has 1 aromatic heterocycles. The van der Waals surface area contributed by atoms with Gasteiger partial charge in [0.15, 0.2) is 6.61 Å². The second kappa shape index (κ2) is 8.71. The van der Waals surface area contributed by atoms with Gasteiger partial charge in [0.1, 0.15) is 5.75 Å². The number of hydrogen-bond donors (Lipinski definition) is 1. The molecule has 0 aliphatic carbocycles. The maximum Gasteiger partial charge on any atom is 0.277 e. The van der Waals surface area contributed by atoms with E-state index in [1.54, 1.807) is 6.21 Å². The fraction of sp³-hybridized carbons (Fsp3) is 0.167. The Bertz CT molecular complexity index is 1260.